The second-order valence-corrected chi connectivity index (χ2v) is 5.81. The molecule has 3 rings (SSSR count). The first kappa shape index (κ1) is 12.2. The summed E-state index contributed by atoms with van der Waals surface area (Å²) in [6, 6.07) is 10.3. The Morgan fingerprint density at radius 3 is 2.11 bits per heavy atom. The van der Waals surface area contributed by atoms with Crippen molar-refractivity contribution in [3.05, 3.63) is 35.9 Å². The molecule has 2 aliphatic rings. The molecule has 1 saturated heterocycles. The highest BCUT2D eigenvalue weighted by atomic mass is 16.6. The van der Waals surface area contributed by atoms with Crippen molar-refractivity contribution in [2.24, 2.45) is 0 Å². The zero-order chi connectivity index (χ0) is 12.6. The molecule has 98 valence electrons. The number of ether oxygens (including phenoxy) is 1. The highest BCUT2D eigenvalue weighted by molar-refractivity contribution is 5.34. The van der Waals surface area contributed by atoms with Gasteiger partial charge < -0.3 is 9.84 Å². The van der Waals surface area contributed by atoms with E-state index in [1.165, 1.54) is 12.8 Å². The van der Waals surface area contributed by atoms with Gasteiger partial charge in [-0.05, 0) is 25.3 Å². The summed E-state index contributed by atoms with van der Waals surface area (Å²) in [4.78, 5) is 0. The molecule has 1 aliphatic heterocycles. The number of hydrogen-bond donors (Lipinski definition) is 1. The number of aliphatic hydroxyl groups is 1. The maximum atomic E-state index is 11.1. The van der Waals surface area contributed by atoms with Gasteiger partial charge in [-0.2, -0.15) is 0 Å². The number of epoxide rings is 1. The molecule has 0 aromatic heterocycles. The van der Waals surface area contributed by atoms with E-state index in [0.29, 0.717) is 0 Å². The van der Waals surface area contributed by atoms with E-state index in [1.807, 2.05) is 18.2 Å². The highest BCUT2D eigenvalue weighted by Crippen LogP contribution is 2.57. The molecule has 1 aromatic carbocycles. The van der Waals surface area contributed by atoms with Gasteiger partial charge in [-0.25, -0.2) is 0 Å². The van der Waals surface area contributed by atoms with Gasteiger partial charge in [0.2, 0.25) is 0 Å². The van der Waals surface area contributed by atoms with Crippen molar-refractivity contribution in [2.75, 3.05) is 0 Å². The van der Waals surface area contributed by atoms with Crippen LogP contribution in [0.2, 0.25) is 0 Å². The van der Waals surface area contributed by atoms with Crippen LogP contribution in [0.5, 0.6) is 0 Å². The molecule has 1 aromatic rings. The van der Waals surface area contributed by atoms with Crippen molar-refractivity contribution in [2.45, 2.75) is 62.8 Å². The van der Waals surface area contributed by atoms with Crippen LogP contribution in [-0.4, -0.2) is 16.8 Å². The van der Waals surface area contributed by atoms with Crippen molar-refractivity contribution in [1.82, 2.24) is 0 Å². The first-order valence-electron chi connectivity index (χ1n) is 7.15. The van der Waals surface area contributed by atoms with Crippen molar-refractivity contribution in [3.8, 4) is 0 Å². The van der Waals surface area contributed by atoms with Gasteiger partial charge >= 0.3 is 0 Å². The van der Waals surface area contributed by atoms with Crippen LogP contribution >= 0.6 is 0 Å². The standard InChI is InChI=1S/C16H22O2/c1-13-16(18-13,14-9-5-4-6-10-14)15(17)11-7-2-3-8-12-15/h4-6,9-10,13,17H,2-3,7-8,11-12H2,1H3/t13-,16+/m0/s1. The van der Waals surface area contributed by atoms with Gasteiger partial charge in [0.05, 0.1) is 6.10 Å². The predicted molar refractivity (Wildman–Crippen MR) is 71.3 cm³/mol. The van der Waals surface area contributed by atoms with Crippen LogP contribution in [0.25, 0.3) is 0 Å². The van der Waals surface area contributed by atoms with E-state index in [9.17, 15) is 5.11 Å². The Bertz CT molecular complexity index is 406. The lowest BCUT2D eigenvalue weighted by Gasteiger charge is -2.34. The van der Waals surface area contributed by atoms with Gasteiger partial charge in [0.1, 0.15) is 11.2 Å². The second kappa shape index (κ2) is 4.36. The van der Waals surface area contributed by atoms with E-state index in [-0.39, 0.29) is 6.10 Å². The third-order valence-electron chi connectivity index (χ3n) is 4.70. The molecule has 1 aliphatic carbocycles. The van der Waals surface area contributed by atoms with Gasteiger partial charge in [-0.3, -0.25) is 0 Å². The third-order valence-corrected chi connectivity index (χ3v) is 4.70. The molecule has 0 bridgehead atoms. The van der Waals surface area contributed by atoms with Crippen LogP contribution in [0.4, 0.5) is 0 Å². The molecule has 2 fully saturated rings. The average molecular weight is 246 g/mol. The Morgan fingerprint density at radius 2 is 1.61 bits per heavy atom. The van der Waals surface area contributed by atoms with E-state index >= 15 is 0 Å². The summed E-state index contributed by atoms with van der Waals surface area (Å²) < 4.78 is 5.94. The summed E-state index contributed by atoms with van der Waals surface area (Å²) in [6.45, 7) is 2.08. The van der Waals surface area contributed by atoms with Gasteiger partial charge in [-0.15, -0.1) is 0 Å². The number of rotatable bonds is 2. The van der Waals surface area contributed by atoms with E-state index < -0.39 is 11.2 Å². The van der Waals surface area contributed by atoms with Crippen molar-refractivity contribution in [1.29, 1.82) is 0 Å². The molecule has 1 saturated carbocycles. The fourth-order valence-corrected chi connectivity index (χ4v) is 3.67. The first-order chi connectivity index (χ1) is 8.69. The molecule has 2 nitrogen and oxygen atoms in total. The summed E-state index contributed by atoms with van der Waals surface area (Å²) in [7, 11) is 0. The summed E-state index contributed by atoms with van der Waals surface area (Å²) >= 11 is 0. The lowest BCUT2D eigenvalue weighted by Crippen LogP contribution is -2.44. The molecule has 0 unspecified atom stereocenters. The van der Waals surface area contributed by atoms with Crippen LogP contribution in [0.3, 0.4) is 0 Å². The highest BCUT2D eigenvalue weighted by Gasteiger charge is 2.67. The molecular formula is C16H22O2. The van der Waals surface area contributed by atoms with Gasteiger partial charge in [0, 0.05) is 0 Å². The van der Waals surface area contributed by atoms with Crippen LogP contribution in [-0.2, 0) is 10.3 Å². The number of hydrogen-bond acceptors (Lipinski definition) is 2. The normalized spacial score (nSPS) is 34.9. The lowest BCUT2D eigenvalue weighted by atomic mass is 9.75. The lowest BCUT2D eigenvalue weighted by molar-refractivity contribution is -0.0531. The molecule has 0 spiro atoms. The van der Waals surface area contributed by atoms with Crippen molar-refractivity contribution >= 4 is 0 Å². The maximum Gasteiger partial charge on any atom is 0.148 e. The molecule has 1 heterocycles. The second-order valence-electron chi connectivity index (χ2n) is 5.81. The Hall–Kier alpha value is -0.860. The summed E-state index contributed by atoms with van der Waals surface area (Å²) in [5.41, 5.74) is 0.0185. The zero-order valence-electron chi connectivity index (χ0n) is 11.1. The maximum absolute atomic E-state index is 11.1. The molecule has 2 heteroatoms. The molecule has 0 radical (unpaired) electrons. The smallest absolute Gasteiger partial charge is 0.148 e. The Labute approximate surface area is 109 Å². The van der Waals surface area contributed by atoms with Crippen molar-refractivity contribution in [3.63, 3.8) is 0 Å². The van der Waals surface area contributed by atoms with E-state index in [0.717, 1.165) is 31.2 Å². The fraction of sp³-hybridized carbons (Fsp3) is 0.625. The monoisotopic (exact) mass is 246 g/mol. The van der Waals surface area contributed by atoms with Crippen LogP contribution in [0.15, 0.2) is 30.3 Å². The minimum absolute atomic E-state index is 0.128. The number of benzene rings is 1. The molecule has 1 N–H and O–H groups in total. The van der Waals surface area contributed by atoms with Crippen LogP contribution < -0.4 is 0 Å². The van der Waals surface area contributed by atoms with Crippen LogP contribution in [0, 0.1) is 0 Å². The zero-order valence-corrected chi connectivity index (χ0v) is 11.1. The van der Waals surface area contributed by atoms with E-state index in [4.69, 9.17) is 4.74 Å². The van der Waals surface area contributed by atoms with Gasteiger partial charge in [-0.1, -0.05) is 56.0 Å². The van der Waals surface area contributed by atoms with Gasteiger partial charge in [0.15, 0.2) is 0 Å². The van der Waals surface area contributed by atoms with E-state index in [2.05, 4.69) is 19.1 Å². The summed E-state index contributed by atoms with van der Waals surface area (Å²) in [5.74, 6) is 0. The Morgan fingerprint density at radius 1 is 1.06 bits per heavy atom. The first-order valence-corrected chi connectivity index (χ1v) is 7.15. The summed E-state index contributed by atoms with van der Waals surface area (Å²) in [5, 5.41) is 11.1. The quantitative estimate of drug-likeness (QED) is 0.641. The molecule has 18 heavy (non-hydrogen) atoms. The fourth-order valence-electron chi connectivity index (χ4n) is 3.67. The third kappa shape index (κ3) is 1.70. The van der Waals surface area contributed by atoms with Gasteiger partial charge in [0.25, 0.3) is 0 Å². The van der Waals surface area contributed by atoms with E-state index in [1.54, 1.807) is 0 Å². The Kier molecular flexibility index (Phi) is 2.95. The largest absolute Gasteiger partial charge is 0.386 e. The average Bonchev–Trinajstić information content (AvgIpc) is 3.12. The SMILES string of the molecule is C[C@@H]1O[C@]1(c1ccccc1)C1(O)CCCCCC1. The Balaban J connectivity index is 1.97. The minimum Gasteiger partial charge on any atom is -0.386 e. The van der Waals surface area contributed by atoms with Crippen LogP contribution in [0.1, 0.15) is 51.0 Å². The minimum atomic E-state index is -0.676. The molecular weight excluding hydrogens is 224 g/mol. The molecule has 0 amide bonds. The molecule has 2 atom stereocenters. The van der Waals surface area contributed by atoms with Crippen molar-refractivity contribution < 1.29 is 9.84 Å². The summed E-state index contributed by atoms with van der Waals surface area (Å²) in [6.07, 6.45) is 6.56. The topological polar surface area (TPSA) is 32.8 Å². The predicted octanol–water partition coefficient (Wildman–Crippen LogP) is 3.39.